The maximum absolute atomic E-state index is 5.33. The molecule has 2 fully saturated rings. The topological polar surface area (TPSA) is 21.3 Å². The zero-order chi connectivity index (χ0) is 11.6. The molecule has 0 radical (unpaired) electrons. The normalized spacial score (nSPS) is 27.9. The van der Waals surface area contributed by atoms with Crippen LogP contribution >= 0.6 is 0 Å². The molecule has 2 rings (SSSR count). The summed E-state index contributed by atoms with van der Waals surface area (Å²) in [7, 11) is 1.82. The van der Waals surface area contributed by atoms with Crippen LogP contribution in [0.25, 0.3) is 0 Å². The summed E-state index contributed by atoms with van der Waals surface area (Å²) in [5.41, 5.74) is 0.578. The van der Waals surface area contributed by atoms with Crippen LogP contribution in [0.3, 0.4) is 0 Å². The van der Waals surface area contributed by atoms with Crippen LogP contribution in [0, 0.1) is 11.3 Å². The molecular weight excluding hydrogens is 198 g/mol. The summed E-state index contributed by atoms with van der Waals surface area (Å²) in [5.74, 6) is 0.898. The molecule has 0 heterocycles. The van der Waals surface area contributed by atoms with Crippen LogP contribution in [-0.4, -0.2) is 25.8 Å². The average Bonchev–Trinajstić information content (AvgIpc) is 3.04. The SMILES string of the molecule is COCC(NC1CCC(C)(C)CC1)C1CC1. The fraction of sp³-hybridized carbons (Fsp3) is 1.00. The van der Waals surface area contributed by atoms with E-state index in [2.05, 4.69) is 19.2 Å². The molecular formula is C14H27NO. The Morgan fingerprint density at radius 2 is 1.81 bits per heavy atom. The Labute approximate surface area is 100 Å². The molecule has 2 heteroatoms. The number of nitrogens with one attached hydrogen (secondary N) is 1. The smallest absolute Gasteiger partial charge is 0.0618 e. The highest BCUT2D eigenvalue weighted by Gasteiger charge is 2.34. The van der Waals surface area contributed by atoms with E-state index in [1.165, 1.54) is 38.5 Å². The Bertz CT molecular complexity index is 213. The first-order valence-electron chi connectivity index (χ1n) is 6.86. The van der Waals surface area contributed by atoms with Crippen molar-refractivity contribution in [3.8, 4) is 0 Å². The first kappa shape index (κ1) is 12.4. The molecule has 1 N–H and O–H groups in total. The first-order valence-corrected chi connectivity index (χ1v) is 6.86. The molecule has 1 unspecified atom stereocenters. The molecule has 0 bridgehead atoms. The van der Waals surface area contributed by atoms with Gasteiger partial charge in [-0.3, -0.25) is 0 Å². The van der Waals surface area contributed by atoms with E-state index in [9.17, 15) is 0 Å². The lowest BCUT2D eigenvalue weighted by Gasteiger charge is -2.36. The van der Waals surface area contributed by atoms with Gasteiger partial charge < -0.3 is 10.1 Å². The number of rotatable bonds is 5. The molecule has 0 aromatic rings. The fourth-order valence-corrected chi connectivity index (χ4v) is 2.87. The number of hydrogen-bond donors (Lipinski definition) is 1. The molecule has 0 saturated heterocycles. The van der Waals surface area contributed by atoms with Gasteiger partial charge >= 0.3 is 0 Å². The van der Waals surface area contributed by atoms with Crippen LogP contribution in [0.2, 0.25) is 0 Å². The van der Waals surface area contributed by atoms with Crippen molar-refractivity contribution in [1.29, 1.82) is 0 Å². The van der Waals surface area contributed by atoms with E-state index in [-0.39, 0.29) is 0 Å². The molecule has 0 spiro atoms. The third-order valence-corrected chi connectivity index (χ3v) is 4.33. The molecule has 2 nitrogen and oxygen atoms in total. The van der Waals surface area contributed by atoms with Crippen LogP contribution in [0.15, 0.2) is 0 Å². The summed E-state index contributed by atoms with van der Waals surface area (Å²) in [6, 6.07) is 1.37. The Balaban J connectivity index is 1.76. The molecule has 94 valence electrons. The van der Waals surface area contributed by atoms with Gasteiger partial charge in [0.1, 0.15) is 0 Å². The zero-order valence-electron chi connectivity index (χ0n) is 11.1. The Morgan fingerprint density at radius 1 is 1.19 bits per heavy atom. The minimum absolute atomic E-state index is 0.578. The summed E-state index contributed by atoms with van der Waals surface area (Å²) >= 11 is 0. The van der Waals surface area contributed by atoms with Gasteiger partial charge in [0.05, 0.1) is 6.61 Å². The highest BCUT2D eigenvalue weighted by atomic mass is 16.5. The van der Waals surface area contributed by atoms with Crippen molar-refractivity contribution >= 4 is 0 Å². The van der Waals surface area contributed by atoms with Crippen molar-refractivity contribution in [3.63, 3.8) is 0 Å². The van der Waals surface area contributed by atoms with Gasteiger partial charge in [0.15, 0.2) is 0 Å². The Hall–Kier alpha value is -0.0800. The van der Waals surface area contributed by atoms with E-state index in [1.807, 2.05) is 7.11 Å². The van der Waals surface area contributed by atoms with E-state index >= 15 is 0 Å². The van der Waals surface area contributed by atoms with Crippen molar-refractivity contribution in [2.24, 2.45) is 11.3 Å². The monoisotopic (exact) mass is 225 g/mol. The van der Waals surface area contributed by atoms with Gasteiger partial charge in [-0.25, -0.2) is 0 Å². The van der Waals surface area contributed by atoms with Gasteiger partial charge in [-0.2, -0.15) is 0 Å². The second-order valence-electron chi connectivity index (χ2n) is 6.50. The molecule has 2 saturated carbocycles. The van der Waals surface area contributed by atoms with Crippen molar-refractivity contribution in [2.75, 3.05) is 13.7 Å². The second kappa shape index (κ2) is 5.05. The van der Waals surface area contributed by atoms with Gasteiger partial charge in [0.2, 0.25) is 0 Å². The molecule has 2 aliphatic carbocycles. The van der Waals surface area contributed by atoms with Crippen molar-refractivity contribution < 1.29 is 4.74 Å². The van der Waals surface area contributed by atoms with E-state index in [0.29, 0.717) is 11.5 Å². The van der Waals surface area contributed by atoms with E-state index in [1.54, 1.807) is 0 Å². The summed E-state index contributed by atoms with van der Waals surface area (Å²) in [5, 5.41) is 3.83. The number of hydrogen-bond acceptors (Lipinski definition) is 2. The first-order chi connectivity index (χ1) is 7.61. The van der Waals surface area contributed by atoms with Gasteiger partial charge in [-0.05, 0) is 49.9 Å². The maximum Gasteiger partial charge on any atom is 0.0618 e. The van der Waals surface area contributed by atoms with Crippen molar-refractivity contribution in [1.82, 2.24) is 5.32 Å². The van der Waals surface area contributed by atoms with Crippen LogP contribution < -0.4 is 5.32 Å². The maximum atomic E-state index is 5.33. The summed E-state index contributed by atoms with van der Waals surface area (Å²) in [6.07, 6.45) is 8.24. The summed E-state index contributed by atoms with van der Waals surface area (Å²) in [6.45, 7) is 5.69. The highest BCUT2D eigenvalue weighted by molar-refractivity contribution is 4.90. The summed E-state index contributed by atoms with van der Waals surface area (Å²) in [4.78, 5) is 0. The van der Waals surface area contributed by atoms with Crippen molar-refractivity contribution in [2.45, 2.75) is 64.5 Å². The van der Waals surface area contributed by atoms with Crippen LogP contribution in [0.5, 0.6) is 0 Å². The van der Waals surface area contributed by atoms with Gasteiger partial charge in [-0.15, -0.1) is 0 Å². The Kier molecular flexibility index (Phi) is 3.91. The number of ether oxygens (including phenoxy) is 1. The summed E-state index contributed by atoms with van der Waals surface area (Å²) < 4.78 is 5.33. The van der Waals surface area contributed by atoms with Crippen LogP contribution in [-0.2, 0) is 4.74 Å². The minimum Gasteiger partial charge on any atom is -0.383 e. The molecule has 0 aliphatic heterocycles. The lowest BCUT2D eigenvalue weighted by Crippen LogP contribution is -2.44. The average molecular weight is 225 g/mol. The fourth-order valence-electron chi connectivity index (χ4n) is 2.87. The van der Waals surface area contributed by atoms with E-state index in [0.717, 1.165) is 18.6 Å². The standard InChI is InChI=1S/C14H27NO/c1-14(2)8-6-12(7-9-14)15-13(10-16-3)11-4-5-11/h11-13,15H,4-10H2,1-3H3. The van der Waals surface area contributed by atoms with Gasteiger partial charge in [0.25, 0.3) is 0 Å². The van der Waals surface area contributed by atoms with Crippen LogP contribution in [0.1, 0.15) is 52.4 Å². The Morgan fingerprint density at radius 3 is 2.31 bits per heavy atom. The minimum atomic E-state index is 0.578. The highest BCUT2D eigenvalue weighted by Crippen LogP contribution is 2.37. The molecule has 0 aromatic heterocycles. The van der Waals surface area contributed by atoms with E-state index in [4.69, 9.17) is 4.74 Å². The third kappa shape index (κ3) is 3.46. The lowest BCUT2D eigenvalue weighted by molar-refractivity contribution is 0.133. The molecule has 0 aromatic carbocycles. The van der Waals surface area contributed by atoms with Gasteiger partial charge in [-0.1, -0.05) is 13.8 Å². The molecule has 16 heavy (non-hydrogen) atoms. The largest absolute Gasteiger partial charge is 0.383 e. The quantitative estimate of drug-likeness (QED) is 0.776. The predicted octanol–water partition coefficient (Wildman–Crippen LogP) is 2.97. The third-order valence-electron chi connectivity index (χ3n) is 4.33. The zero-order valence-corrected chi connectivity index (χ0v) is 11.1. The van der Waals surface area contributed by atoms with Crippen LogP contribution in [0.4, 0.5) is 0 Å². The molecule has 0 amide bonds. The van der Waals surface area contributed by atoms with Crippen molar-refractivity contribution in [3.05, 3.63) is 0 Å². The molecule has 2 aliphatic rings. The number of methoxy groups -OCH3 is 1. The predicted molar refractivity (Wildman–Crippen MR) is 67.6 cm³/mol. The van der Waals surface area contributed by atoms with Gasteiger partial charge in [0, 0.05) is 19.2 Å². The lowest BCUT2D eigenvalue weighted by atomic mass is 9.75. The molecule has 1 atom stereocenters. The van der Waals surface area contributed by atoms with E-state index < -0.39 is 0 Å². The second-order valence-corrected chi connectivity index (χ2v) is 6.50.